The van der Waals surface area contributed by atoms with Crippen molar-refractivity contribution in [2.75, 3.05) is 6.54 Å². The molecule has 4 nitrogen and oxygen atoms in total. The van der Waals surface area contributed by atoms with Crippen LogP contribution in [0.3, 0.4) is 0 Å². The van der Waals surface area contributed by atoms with Crippen LogP contribution in [0.5, 0.6) is 0 Å². The fraction of sp³-hybridized carbons (Fsp3) is 0.400. The zero-order valence-corrected chi connectivity index (χ0v) is 9.60. The fourth-order valence-corrected chi connectivity index (χ4v) is 2.16. The van der Waals surface area contributed by atoms with Gasteiger partial charge in [-0.3, -0.25) is 9.20 Å². The first kappa shape index (κ1) is 10.2. The van der Waals surface area contributed by atoms with Crippen LogP contribution in [0.25, 0.3) is 4.96 Å². The second kappa shape index (κ2) is 4.02. The van der Waals surface area contributed by atoms with E-state index in [9.17, 15) is 4.79 Å². The molecule has 0 saturated carbocycles. The standard InChI is InChI=1S/C10H13N3OS/c1-3-4-11-9(14)8-6-13-5-7(2)15-10(13)12-8/h5-6H,3-4H2,1-2H3,(H,11,14). The summed E-state index contributed by atoms with van der Waals surface area (Å²) in [4.78, 5) is 17.9. The van der Waals surface area contributed by atoms with Gasteiger partial charge in [0.25, 0.3) is 5.91 Å². The normalized spacial score (nSPS) is 10.8. The summed E-state index contributed by atoms with van der Waals surface area (Å²) in [7, 11) is 0. The predicted molar refractivity (Wildman–Crippen MR) is 60.4 cm³/mol. The van der Waals surface area contributed by atoms with Gasteiger partial charge in [-0.15, -0.1) is 11.3 Å². The predicted octanol–water partition coefficient (Wildman–Crippen LogP) is 1.84. The molecule has 0 aliphatic rings. The highest BCUT2D eigenvalue weighted by molar-refractivity contribution is 7.17. The Hall–Kier alpha value is -1.36. The summed E-state index contributed by atoms with van der Waals surface area (Å²) in [5.41, 5.74) is 0.495. The second-order valence-electron chi connectivity index (χ2n) is 3.41. The lowest BCUT2D eigenvalue weighted by Crippen LogP contribution is -2.24. The number of hydrogen-bond acceptors (Lipinski definition) is 3. The van der Waals surface area contributed by atoms with Gasteiger partial charge in [-0.25, -0.2) is 4.98 Å². The van der Waals surface area contributed by atoms with Gasteiger partial charge in [-0.2, -0.15) is 0 Å². The quantitative estimate of drug-likeness (QED) is 0.863. The van der Waals surface area contributed by atoms with Crippen LogP contribution in [-0.4, -0.2) is 21.8 Å². The number of aryl methyl sites for hydroxylation is 1. The van der Waals surface area contributed by atoms with E-state index in [1.165, 1.54) is 4.88 Å². The van der Waals surface area contributed by atoms with Gasteiger partial charge in [0.05, 0.1) is 0 Å². The van der Waals surface area contributed by atoms with Crippen molar-refractivity contribution in [2.24, 2.45) is 0 Å². The molecular weight excluding hydrogens is 210 g/mol. The highest BCUT2D eigenvalue weighted by atomic mass is 32.1. The molecule has 0 aromatic carbocycles. The van der Waals surface area contributed by atoms with Crippen molar-refractivity contribution < 1.29 is 4.79 Å². The van der Waals surface area contributed by atoms with Crippen molar-refractivity contribution in [2.45, 2.75) is 20.3 Å². The highest BCUT2D eigenvalue weighted by Crippen LogP contribution is 2.16. The summed E-state index contributed by atoms with van der Waals surface area (Å²) in [6.45, 7) is 4.74. The van der Waals surface area contributed by atoms with Crippen LogP contribution in [0.2, 0.25) is 0 Å². The van der Waals surface area contributed by atoms with Crippen molar-refractivity contribution >= 4 is 22.2 Å². The number of nitrogens with one attached hydrogen (secondary N) is 1. The summed E-state index contributed by atoms with van der Waals surface area (Å²) in [5, 5.41) is 2.80. The average molecular weight is 223 g/mol. The zero-order chi connectivity index (χ0) is 10.8. The topological polar surface area (TPSA) is 46.4 Å². The van der Waals surface area contributed by atoms with E-state index in [1.54, 1.807) is 17.5 Å². The Balaban J connectivity index is 2.21. The van der Waals surface area contributed by atoms with Crippen molar-refractivity contribution in [3.05, 3.63) is 23.0 Å². The molecule has 15 heavy (non-hydrogen) atoms. The molecule has 2 aromatic rings. The van der Waals surface area contributed by atoms with Crippen molar-refractivity contribution in [1.82, 2.24) is 14.7 Å². The molecule has 0 unspecified atom stereocenters. The smallest absolute Gasteiger partial charge is 0.271 e. The molecule has 0 fully saturated rings. The molecule has 0 radical (unpaired) electrons. The van der Waals surface area contributed by atoms with Gasteiger partial charge in [-0.05, 0) is 13.3 Å². The molecule has 1 N–H and O–H groups in total. The van der Waals surface area contributed by atoms with Gasteiger partial charge in [-0.1, -0.05) is 6.92 Å². The van der Waals surface area contributed by atoms with Crippen molar-refractivity contribution in [3.63, 3.8) is 0 Å². The van der Waals surface area contributed by atoms with Gasteiger partial charge >= 0.3 is 0 Å². The van der Waals surface area contributed by atoms with E-state index in [4.69, 9.17) is 0 Å². The van der Waals surface area contributed by atoms with E-state index < -0.39 is 0 Å². The van der Waals surface area contributed by atoms with Crippen LogP contribution < -0.4 is 5.32 Å². The average Bonchev–Trinajstić information content (AvgIpc) is 2.70. The summed E-state index contributed by atoms with van der Waals surface area (Å²) in [6.07, 6.45) is 4.68. The Morgan fingerprint density at radius 1 is 1.60 bits per heavy atom. The summed E-state index contributed by atoms with van der Waals surface area (Å²) >= 11 is 1.59. The molecule has 5 heteroatoms. The van der Waals surface area contributed by atoms with Gasteiger partial charge in [0, 0.05) is 23.8 Å². The Morgan fingerprint density at radius 2 is 2.40 bits per heavy atom. The third-order valence-corrected chi connectivity index (χ3v) is 2.95. The number of carbonyl (C=O) groups excluding carboxylic acids is 1. The minimum atomic E-state index is -0.0922. The zero-order valence-electron chi connectivity index (χ0n) is 8.78. The molecule has 1 amide bonds. The van der Waals surface area contributed by atoms with Crippen molar-refractivity contribution in [3.8, 4) is 0 Å². The van der Waals surface area contributed by atoms with Crippen LogP contribution in [0.15, 0.2) is 12.4 Å². The van der Waals surface area contributed by atoms with Gasteiger partial charge in [0.2, 0.25) is 0 Å². The monoisotopic (exact) mass is 223 g/mol. The summed E-state index contributed by atoms with van der Waals surface area (Å²) in [6, 6.07) is 0. The molecule has 80 valence electrons. The molecule has 2 heterocycles. The first-order chi connectivity index (χ1) is 7.20. The van der Waals surface area contributed by atoms with Crippen LogP contribution >= 0.6 is 11.3 Å². The number of hydrogen-bond donors (Lipinski definition) is 1. The molecule has 2 rings (SSSR count). The number of rotatable bonds is 3. The molecule has 0 saturated heterocycles. The minimum Gasteiger partial charge on any atom is -0.351 e. The minimum absolute atomic E-state index is 0.0922. The number of thiazole rings is 1. The fourth-order valence-electron chi connectivity index (χ4n) is 1.35. The van der Waals surface area contributed by atoms with Gasteiger partial charge in [0.1, 0.15) is 5.69 Å². The maximum absolute atomic E-state index is 11.6. The number of amides is 1. The second-order valence-corrected chi connectivity index (χ2v) is 4.63. The van der Waals surface area contributed by atoms with Gasteiger partial charge < -0.3 is 5.32 Å². The molecule has 0 spiro atoms. The number of imidazole rings is 1. The maximum Gasteiger partial charge on any atom is 0.271 e. The molecular formula is C10H13N3OS. The van der Waals surface area contributed by atoms with Crippen LogP contribution in [0.1, 0.15) is 28.7 Å². The van der Waals surface area contributed by atoms with Crippen LogP contribution in [0.4, 0.5) is 0 Å². The first-order valence-corrected chi connectivity index (χ1v) is 5.75. The Morgan fingerprint density at radius 3 is 3.07 bits per heavy atom. The number of aromatic nitrogens is 2. The third-order valence-electron chi connectivity index (χ3n) is 2.04. The van der Waals surface area contributed by atoms with E-state index in [1.807, 2.05) is 24.4 Å². The lowest BCUT2D eigenvalue weighted by Gasteiger charge is -1.98. The van der Waals surface area contributed by atoms with E-state index in [2.05, 4.69) is 10.3 Å². The van der Waals surface area contributed by atoms with Gasteiger partial charge in [0.15, 0.2) is 4.96 Å². The SMILES string of the molecule is CCCNC(=O)c1cn2cc(C)sc2n1. The Labute approximate surface area is 91.9 Å². The van der Waals surface area contributed by atoms with E-state index in [-0.39, 0.29) is 5.91 Å². The van der Waals surface area contributed by atoms with Crippen molar-refractivity contribution in [1.29, 1.82) is 0 Å². The van der Waals surface area contributed by atoms with E-state index in [0.29, 0.717) is 12.2 Å². The lowest BCUT2D eigenvalue weighted by atomic mass is 10.4. The van der Waals surface area contributed by atoms with E-state index in [0.717, 1.165) is 11.4 Å². The van der Waals surface area contributed by atoms with Crippen LogP contribution in [-0.2, 0) is 0 Å². The summed E-state index contributed by atoms with van der Waals surface area (Å²) in [5.74, 6) is -0.0922. The number of nitrogens with zero attached hydrogens (tertiary/aromatic N) is 2. The Kier molecular flexibility index (Phi) is 2.73. The van der Waals surface area contributed by atoms with E-state index >= 15 is 0 Å². The molecule has 0 bridgehead atoms. The number of carbonyl (C=O) groups is 1. The Bertz CT molecular complexity index is 454. The maximum atomic E-state index is 11.6. The lowest BCUT2D eigenvalue weighted by molar-refractivity contribution is 0.0949. The molecule has 0 atom stereocenters. The summed E-state index contributed by atoms with van der Waals surface area (Å²) < 4.78 is 1.89. The molecule has 0 aliphatic carbocycles. The molecule has 2 aromatic heterocycles. The highest BCUT2D eigenvalue weighted by Gasteiger charge is 2.10. The largest absolute Gasteiger partial charge is 0.351 e. The molecule has 0 aliphatic heterocycles. The third kappa shape index (κ3) is 2.02. The van der Waals surface area contributed by atoms with Crippen LogP contribution in [0, 0.1) is 6.92 Å². The first-order valence-electron chi connectivity index (χ1n) is 4.94. The number of fused-ring (bicyclic) bond motifs is 1.